The van der Waals surface area contributed by atoms with E-state index in [2.05, 4.69) is 22.0 Å². The Labute approximate surface area is 139 Å². The third kappa shape index (κ3) is 3.87. The average molecular weight is 335 g/mol. The van der Waals surface area contributed by atoms with Crippen molar-refractivity contribution in [3.8, 4) is 0 Å². The number of nitrogens with two attached hydrogens (primary N) is 1. The van der Waals surface area contributed by atoms with E-state index in [-0.39, 0.29) is 11.7 Å². The van der Waals surface area contributed by atoms with Crippen molar-refractivity contribution in [2.24, 2.45) is 11.7 Å². The Kier molecular flexibility index (Phi) is 4.90. The van der Waals surface area contributed by atoms with E-state index in [9.17, 15) is 4.79 Å². The number of thioether (sulfide) groups is 1. The summed E-state index contributed by atoms with van der Waals surface area (Å²) in [5.41, 5.74) is 5.25. The van der Waals surface area contributed by atoms with E-state index in [1.165, 1.54) is 18.2 Å². The fraction of sp³-hybridized carbons (Fsp3) is 0.533. The van der Waals surface area contributed by atoms with Crippen molar-refractivity contribution >= 4 is 23.6 Å². The third-order valence-corrected chi connectivity index (χ3v) is 4.86. The number of hydrogen-bond acceptors (Lipinski definition) is 6. The van der Waals surface area contributed by atoms with Crippen molar-refractivity contribution in [1.82, 2.24) is 14.8 Å². The minimum absolute atomic E-state index is 0.187. The second-order valence-electron chi connectivity index (χ2n) is 5.90. The zero-order valence-electron chi connectivity index (χ0n) is 13.1. The number of rotatable bonds is 6. The summed E-state index contributed by atoms with van der Waals surface area (Å²) in [6, 6.07) is 3.78. The lowest BCUT2D eigenvalue weighted by Gasteiger charge is -2.31. The molecule has 8 heteroatoms. The second kappa shape index (κ2) is 7.08. The van der Waals surface area contributed by atoms with Crippen LogP contribution in [-0.4, -0.2) is 39.5 Å². The number of amides is 1. The molecule has 2 N–H and O–H groups in total. The predicted octanol–water partition coefficient (Wildman–Crippen LogP) is 1.73. The van der Waals surface area contributed by atoms with Gasteiger partial charge in [0.25, 0.3) is 0 Å². The van der Waals surface area contributed by atoms with Gasteiger partial charge in [-0.05, 0) is 30.9 Å². The highest BCUT2D eigenvalue weighted by Gasteiger charge is 2.24. The van der Waals surface area contributed by atoms with Gasteiger partial charge in [0.2, 0.25) is 11.9 Å². The van der Waals surface area contributed by atoms with Gasteiger partial charge in [-0.3, -0.25) is 9.36 Å². The van der Waals surface area contributed by atoms with Gasteiger partial charge in [-0.15, -0.1) is 10.2 Å². The van der Waals surface area contributed by atoms with E-state index in [1.807, 2.05) is 16.7 Å². The number of primary amides is 1. The highest BCUT2D eigenvalue weighted by atomic mass is 32.2. The van der Waals surface area contributed by atoms with Crippen LogP contribution in [0.3, 0.4) is 0 Å². The summed E-state index contributed by atoms with van der Waals surface area (Å²) in [6.07, 6.45) is 4.04. The van der Waals surface area contributed by atoms with Gasteiger partial charge < -0.3 is 15.1 Å². The Hall–Kier alpha value is -1.96. The Bertz CT molecular complexity index is 655. The summed E-state index contributed by atoms with van der Waals surface area (Å²) in [6.45, 7) is 4.74. The average Bonchev–Trinajstić information content (AvgIpc) is 3.15. The molecule has 3 heterocycles. The summed E-state index contributed by atoms with van der Waals surface area (Å²) in [5, 5.41) is 9.30. The quantitative estimate of drug-likeness (QED) is 0.809. The summed E-state index contributed by atoms with van der Waals surface area (Å²) >= 11 is 1.31. The largest absolute Gasteiger partial charge is 0.467 e. The number of aromatic nitrogens is 3. The van der Waals surface area contributed by atoms with Crippen molar-refractivity contribution in [3.63, 3.8) is 0 Å². The van der Waals surface area contributed by atoms with Crippen LogP contribution >= 0.6 is 11.8 Å². The highest BCUT2D eigenvalue weighted by molar-refractivity contribution is 7.99. The van der Waals surface area contributed by atoms with Crippen LogP contribution < -0.4 is 10.6 Å². The van der Waals surface area contributed by atoms with Crippen LogP contribution in [0.25, 0.3) is 0 Å². The third-order valence-electron chi connectivity index (χ3n) is 3.87. The molecule has 1 fully saturated rings. The van der Waals surface area contributed by atoms with Gasteiger partial charge in [0.15, 0.2) is 5.16 Å². The zero-order chi connectivity index (χ0) is 16.2. The topological polar surface area (TPSA) is 90.2 Å². The molecule has 2 aromatic heterocycles. The van der Waals surface area contributed by atoms with Gasteiger partial charge in [-0.1, -0.05) is 18.7 Å². The van der Waals surface area contributed by atoms with Crippen molar-refractivity contribution in [1.29, 1.82) is 0 Å². The molecule has 1 atom stereocenters. The SMILES string of the molecule is C[C@@H]1CCCN(c2nnc(SCC(N)=O)n2Cc2ccco2)C1. The molecule has 0 aliphatic carbocycles. The first-order chi connectivity index (χ1) is 11.1. The lowest BCUT2D eigenvalue weighted by atomic mass is 10.0. The van der Waals surface area contributed by atoms with Crippen LogP contribution in [0.5, 0.6) is 0 Å². The van der Waals surface area contributed by atoms with E-state index in [4.69, 9.17) is 10.2 Å². The number of carbonyl (C=O) groups excluding carboxylic acids is 1. The Morgan fingerprint density at radius 1 is 1.52 bits per heavy atom. The number of anilines is 1. The Morgan fingerprint density at radius 2 is 2.39 bits per heavy atom. The molecule has 1 aliphatic heterocycles. The standard InChI is InChI=1S/C15H21N5O2S/c1-11-4-2-6-19(8-11)14-17-18-15(23-10-13(16)21)20(14)9-12-5-3-7-22-12/h3,5,7,11H,2,4,6,8-10H2,1H3,(H2,16,21)/t11-/m1/s1. The minimum Gasteiger partial charge on any atom is -0.467 e. The fourth-order valence-corrected chi connectivity index (χ4v) is 3.50. The maximum absolute atomic E-state index is 11.1. The fourth-order valence-electron chi connectivity index (χ4n) is 2.83. The lowest BCUT2D eigenvalue weighted by Crippen LogP contribution is -2.36. The van der Waals surface area contributed by atoms with Crippen LogP contribution in [-0.2, 0) is 11.3 Å². The lowest BCUT2D eigenvalue weighted by molar-refractivity contribution is -0.115. The molecule has 1 saturated heterocycles. The van der Waals surface area contributed by atoms with Gasteiger partial charge in [0.1, 0.15) is 5.76 Å². The van der Waals surface area contributed by atoms with Gasteiger partial charge in [0.05, 0.1) is 18.6 Å². The second-order valence-corrected chi connectivity index (χ2v) is 6.84. The molecule has 0 aromatic carbocycles. The highest BCUT2D eigenvalue weighted by Crippen LogP contribution is 2.26. The van der Waals surface area contributed by atoms with E-state index in [0.29, 0.717) is 17.6 Å². The summed E-state index contributed by atoms with van der Waals surface area (Å²) < 4.78 is 7.46. The van der Waals surface area contributed by atoms with Crippen LogP contribution in [0.15, 0.2) is 28.0 Å². The Balaban J connectivity index is 1.86. The van der Waals surface area contributed by atoms with Crippen molar-refractivity contribution in [2.45, 2.75) is 31.5 Å². The molecule has 0 spiro atoms. The number of piperidine rings is 1. The molecule has 0 bridgehead atoms. The van der Waals surface area contributed by atoms with E-state index in [0.717, 1.165) is 31.2 Å². The van der Waals surface area contributed by atoms with Crippen LogP contribution in [0.1, 0.15) is 25.5 Å². The molecule has 7 nitrogen and oxygen atoms in total. The first-order valence-electron chi connectivity index (χ1n) is 7.75. The van der Waals surface area contributed by atoms with Crippen molar-refractivity contribution in [2.75, 3.05) is 23.7 Å². The minimum atomic E-state index is -0.365. The smallest absolute Gasteiger partial charge is 0.228 e. The summed E-state index contributed by atoms with van der Waals surface area (Å²) in [4.78, 5) is 13.3. The van der Waals surface area contributed by atoms with Gasteiger partial charge in [0, 0.05) is 13.1 Å². The number of nitrogens with zero attached hydrogens (tertiary/aromatic N) is 4. The van der Waals surface area contributed by atoms with Crippen LogP contribution in [0.4, 0.5) is 5.95 Å². The molecule has 1 amide bonds. The maximum Gasteiger partial charge on any atom is 0.228 e. The number of hydrogen-bond donors (Lipinski definition) is 1. The molecule has 1 aliphatic rings. The zero-order valence-corrected chi connectivity index (χ0v) is 14.0. The first kappa shape index (κ1) is 15.9. The van der Waals surface area contributed by atoms with Crippen LogP contribution in [0.2, 0.25) is 0 Å². The molecule has 124 valence electrons. The number of carbonyl (C=O) groups is 1. The van der Waals surface area contributed by atoms with Gasteiger partial charge in [-0.25, -0.2) is 0 Å². The summed E-state index contributed by atoms with van der Waals surface area (Å²) in [7, 11) is 0. The molecule has 0 saturated carbocycles. The molecular formula is C15H21N5O2S. The molecule has 0 radical (unpaired) electrons. The molecule has 3 rings (SSSR count). The first-order valence-corrected chi connectivity index (χ1v) is 8.73. The van der Waals surface area contributed by atoms with Gasteiger partial charge >= 0.3 is 0 Å². The summed E-state index contributed by atoms with van der Waals surface area (Å²) in [5.74, 6) is 2.12. The predicted molar refractivity (Wildman–Crippen MR) is 88.4 cm³/mol. The monoisotopic (exact) mass is 335 g/mol. The van der Waals surface area contributed by atoms with Crippen molar-refractivity contribution in [3.05, 3.63) is 24.2 Å². The molecule has 2 aromatic rings. The van der Waals surface area contributed by atoms with E-state index in [1.54, 1.807) is 6.26 Å². The number of furan rings is 1. The van der Waals surface area contributed by atoms with Crippen LogP contribution in [0, 0.1) is 5.92 Å². The molecular weight excluding hydrogens is 314 g/mol. The molecule has 23 heavy (non-hydrogen) atoms. The molecule has 0 unspecified atom stereocenters. The maximum atomic E-state index is 11.1. The van der Waals surface area contributed by atoms with Gasteiger partial charge in [-0.2, -0.15) is 0 Å². The van der Waals surface area contributed by atoms with Crippen molar-refractivity contribution < 1.29 is 9.21 Å². The van der Waals surface area contributed by atoms with E-state index < -0.39 is 0 Å². The normalized spacial score (nSPS) is 18.3. The van der Waals surface area contributed by atoms with E-state index >= 15 is 0 Å². The Morgan fingerprint density at radius 3 is 3.09 bits per heavy atom.